The molecule has 0 radical (unpaired) electrons. The van der Waals surface area contributed by atoms with E-state index in [1.165, 1.54) is 16.5 Å². The van der Waals surface area contributed by atoms with E-state index in [2.05, 4.69) is 54.3 Å². The van der Waals surface area contributed by atoms with Crippen LogP contribution in [0.2, 0.25) is 0 Å². The van der Waals surface area contributed by atoms with Crippen molar-refractivity contribution in [1.29, 1.82) is 0 Å². The molecule has 0 saturated heterocycles. The second kappa shape index (κ2) is 5.62. The highest BCUT2D eigenvalue weighted by atomic mass is 16.3. The van der Waals surface area contributed by atoms with Crippen LogP contribution < -0.4 is 4.90 Å². The molecule has 0 saturated carbocycles. The molecule has 0 spiro atoms. The molecular formula is C17H23NO. The highest BCUT2D eigenvalue weighted by Gasteiger charge is 2.15. The molecule has 0 aliphatic heterocycles. The van der Waals surface area contributed by atoms with E-state index < -0.39 is 5.60 Å². The quantitative estimate of drug-likeness (QED) is 0.880. The summed E-state index contributed by atoms with van der Waals surface area (Å²) in [6.07, 6.45) is 0.768. The Kier molecular flexibility index (Phi) is 4.11. The molecule has 0 atom stereocenters. The summed E-state index contributed by atoms with van der Waals surface area (Å²) in [4.78, 5) is 2.33. The third-order valence-electron chi connectivity index (χ3n) is 3.48. The van der Waals surface area contributed by atoms with E-state index >= 15 is 0 Å². The zero-order valence-electron chi connectivity index (χ0n) is 12.1. The number of fused-ring (bicyclic) bond motifs is 1. The number of hydrogen-bond acceptors (Lipinski definition) is 2. The lowest BCUT2D eigenvalue weighted by Crippen LogP contribution is -2.31. The zero-order valence-corrected chi connectivity index (χ0v) is 12.1. The van der Waals surface area contributed by atoms with Gasteiger partial charge in [0.2, 0.25) is 0 Å². The normalized spacial score (nSPS) is 11.8. The van der Waals surface area contributed by atoms with E-state index in [0.29, 0.717) is 0 Å². The zero-order chi connectivity index (χ0) is 13.9. The van der Waals surface area contributed by atoms with Gasteiger partial charge in [0.25, 0.3) is 0 Å². The van der Waals surface area contributed by atoms with Crippen molar-refractivity contribution in [2.75, 3.05) is 18.0 Å². The number of benzene rings is 2. The van der Waals surface area contributed by atoms with E-state index in [1.807, 2.05) is 13.8 Å². The van der Waals surface area contributed by atoms with Crippen molar-refractivity contribution < 1.29 is 5.11 Å². The topological polar surface area (TPSA) is 23.5 Å². The van der Waals surface area contributed by atoms with Crippen LogP contribution in [0, 0.1) is 0 Å². The molecule has 2 rings (SSSR count). The molecule has 0 aromatic heterocycles. The first-order chi connectivity index (χ1) is 9.01. The molecule has 0 unspecified atom stereocenters. The lowest BCUT2D eigenvalue weighted by Gasteiger charge is -2.28. The molecule has 0 heterocycles. The first kappa shape index (κ1) is 13.9. The fourth-order valence-electron chi connectivity index (χ4n) is 2.34. The van der Waals surface area contributed by atoms with E-state index in [0.717, 1.165) is 19.5 Å². The minimum Gasteiger partial charge on any atom is -0.390 e. The second-order valence-electron chi connectivity index (χ2n) is 5.64. The van der Waals surface area contributed by atoms with Crippen LogP contribution in [0.4, 0.5) is 5.69 Å². The number of aliphatic hydroxyl groups is 1. The van der Waals surface area contributed by atoms with Crippen molar-refractivity contribution in [3.05, 3.63) is 42.5 Å². The molecule has 0 bridgehead atoms. The smallest absolute Gasteiger partial charge is 0.0608 e. The summed E-state index contributed by atoms with van der Waals surface area (Å²) in [7, 11) is 0. The van der Waals surface area contributed by atoms with Crippen LogP contribution in [0.25, 0.3) is 10.8 Å². The van der Waals surface area contributed by atoms with Crippen LogP contribution in [-0.4, -0.2) is 23.8 Å². The molecule has 102 valence electrons. The molecule has 2 aromatic carbocycles. The molecule has 1 N–H and O–H groups in total. The third kappa shape index (κ3) is 3.48. The molecule has 0 aliphatic rings. The average molecular weight is 257 g/mol. The van der Waals surface area contributed by atoms with Crippen LogP contribution in [0.5, 0.6) is 0 Å². The van der Waals surface area contributed by atoms with E-state index in [-0.39, 0.29) is 0 Å². The van der Waals surface area contributed by atoms with E-state index in [1.54, 1.807) is 0 Å². The van der Waals surface area contributed by atoms with Crippen LogP contribution in [0.15, 0.2) is 42.5 Å². The SMILES string of the molecule is CCN(CCC(C)(C)O)c1cccc2ccccc12. The van der Waals surface area contributed by atoms with Crippen molar-refractivity contribution >= 4 is 16.5 Å². The molecule has 2 aromatic rings. The number of rotatable bonds is 5. The summed E-state index contributed by atoms with van der Waals surface area (Å²) in [5.41, 5.74) is 0.641. The van der Waals surface area contributed by atoms with Gasteiger partial charge in [-0.2, -0.15) is 0 Å². The van der Waals surface area contributed by atoms with Gasteiger partial charge in [-0.05, 0) is 38.6 Å². The Balaban J connectivity index is 2.30. The van der Waals surface area contributed by atoms with Gasteiger partial charge in [0.1, 0.15) is 0 Å². The van der Waals surface area contributed by atoms with Crippen molar-refractivity contribution in [3.63, 3.8) is 0 Å². The van der Waals surface area contributed by atoms with Crippen LogP contribution >= 0.6 is 0 Å². The molecule has 0 fully saturated rings. The Labute approximate surface area is 115 Å². The molecular weight excluding hydrogens is 234 g/mol. The summed E-state index contributed by atoms with van der Waals surface area (Å²) >= 11 is 0. The second-order valence-corrected chi connectivity index (χ2v) is 5.64. The Bertz CT molecular complexity index is 537. The largest absolute Gasteiger partial charge is 0.390 e. The number of hydrogen-bond donors (Lipinski definition) is 1. The Morgan fingerprint density at radius 3 is 2.42 bits per heavy atom. The summed E-state index contributed by atoms with van der Waals surface area (Å²) < 4.78 is 0. The first-order valence-corrected chi connectivity index (χ1v) is 6.96. The average Bonchev–Trinajstić information content (AvgIpc) is 2.38. The standard InChI is InChI=1S/C17H23NO/c1-4-18(13-12-17(2,3)19)16-11-7-9-14-8-5-6-10-15(14)16/h5-11,19H,4,12-13H2,1-3H3. The molecule has 2 heteroatoms. The van der Waals surface area contributed by atoms with E-state index in [9.17, 15) is 5.11 Å². The predicted octanol–water partition coefficient (Wildman–Crippen LogP) is 3.83. The maximum Gasteiger partial charge on any atom is 0.0608 e. The van der Waals surface area contributed by atoms with Gasteiger partial charge in [0.15, 0.2) is 0 Å². The predicted molar refractivity (Wildman–Crippen MR) is 82.7 cm³/mol. The lowest BCUT2D eigenvalue weighted by atomic mass is 10.0. The fraction of sp³-hybridized carbons (Fsp3) is 0.412. The van der Waals surface area contributed by atoms with Gasteiger partial charge in [-0.3, -0.25) is 0 Å². The Hall–Kier alpha value is -1.54. The Morgan fingerprint density at radius 2 is 1.74 bits per heavy atom. The first-order valence-electron chi connectivity index (χ1n) is 6.96. The van der Waals surface area contributed by atoms with Gasteiger partial charge < -0.3 is 10.0 Å². The lowest BCUT2D eigenvalue weighted by molar-refractivity contribution is 0.0732. The van der Waals surface area contributed by atoms with Gasteiger partial charge >= 0.3 is 0 Å². The highest BCUT2D eigenvalue weighted by Crippen LogP contribution is 2.27. The maximum absolute atomic E-state index is 9.90. The van der Waals surface area contributed by atoms with Crippen LogP contribution in [0.1, 0.15) is 27.2 Å². The van der Waals surface area contributed by atoms with Crippen molar-refractivity contribution in [2.24, 2.45) is 0 Å². The molecule has 2 nitrogen and oxygen atoms in total. The van der Waals surface area contributed by atoms with Gasteiger partial charge in [-0.1, -0.05) is 36.4 Å². The minimum absolute atomic E-state index is 0.613. The van der Waals surface area contributed by atoms with E-state index in [4.69, 9.17) is 0 Å². The van der Waals surface area contributed by atoms with Gasteiger partial charge in [0.05, 0.1) is 5.60 Å². The van der Waals surface area contributed by atoms with Crippen LogP contribution in [-0.2, 0) is 0 Å². The maximum atomic E-state index is 9.90. The van der Waals surface area contributed by atoms with Crippen LogP contribution in [0.3, 0.4) is 0 Å². The molecule has 19 heavy (non-hydrogen) atoms. The monoisotopic (exact) mass is 257 g/mol. The van der Waals surface area contributed by atoms with Gasteiger partial charge in [-0.15, -0.1) is 0 Å². The summed E-state index contributed by atoms with van der Waals surface area (Å²) in [6, 6.07) is 14.9. The Morgan fingerprint density at radius 1 is 1.05 bits per heavy atom. The van der Waals surface area contributed by atoms with Crippen molar-refractivity contribution in [1.82, 2.24) is 0 Å². The van der Waals surface area contributed by atoms with Crippen molar-refractivity contribution in [3.8, 4) is 0 Å². The third-order valence-corrected chi connectivity index (χ3v) is 3.48. The summed E-state index contributed by atoms with van der Waals surface area (Å²) in [5, 5.41) is 12.4. The molecule has 0 amide bonds. The molecule has 0 aliphatic carbocycles. The number of anilines is 1. The highest BCUT2D eigenvalue weighted by molar-refractivity contribution is 5.94. The summed E-state index contributed by atoms with van der Waals surface area (Å²) in [6.45, 7) is 7.71. The summed E-state index contributed by atoms with van der Waals surface area (Å²) in [5.74, 6) is 0. The van der Waals surface area contributed by atoms with Gasteiger partial charge in [-0.25, -0.2) is 0 Å². The fourth-order valence-corrected chi connectivity index (χ4v) is 2.34. The minimum atomic E-state index is -0.613. The van der Waals surface area contributed by atoms with Gasteiger partial charge in [0, 0.05) is 24.2 Å². The van der Waals surface area contributed by atoms with Crippen molar-refractivity contribution in [2.45, 2.75) is 32.8 Å². The number of nitrogens with zero attached hydrogens (tertiary/aromatic N) is 1.